The number of carbonyl (C=O) groups is 2. The van der Waals surface area contributed by atoms with Crippen molar-refractivity contribution in [3.63, 3.8) is 0 Å². The second kappa shape index (κ2) is 11.8. The van der Waals surface area contributed by atoms with Gasteiger partial charge in [-0.25, -0.2) is 0 Å². The Hall–Kier alpha value is -2.42. The van der Waals surface area contributed by atoms with E-state index in [1.165, 1.54) is 30.6 Å². The van der Waals surface area contributed by atoms with Crippen molar-refractivity contribution in [3.8, 4) is 5.75 Å². The van der Waals surface area contributed by atoms with Crippen molar-refractivity contribution >= 4 is 23.2 Å². The maximum atomic E-state index is 12.7. The van der Waals surface area contributed by atoms with Gasteiger partial charge >= 0.3 is 0 Å². The highest BCUT2D eigenvalue weighted by atomic mass is 32.1. The van der Waals surface area contributed by atoms with Gasteiger partial charge in [0.25, 0.3) is 11.8 Å². The van der Waals surface area contributed by atoms with Gasteiger partial charge in [0.05, 0.1) is 9.75 Å². The lowest BCUT2D eigenvalue weighted by molar-refractivity contribution is 0.0777. The first-order chi connectivity index (χ1) is 15.0. The van der Waals surface area contributed by atoms with Crippen molar-refractivity contribution in [2.24, 2.45) is 0 Å². The Morgan fingerprint density at radius 1 is 1.03 bits per heavy atom. The monoisotopic (exact) mass is 444 g/mol. The zero-order valence-electron chi connectivity index (χ0n) is 18.1. The van der Waals surface area contributed by atoms with Crippen LogP contribution in [0.5, 0.6) is 5.75 Å². The van der Waals surface area contributed by atoms with E-state index in [0.29, 0.717) is 35.9 Å². The van der Waals surface area contributed by atoms with E-state index < -0.39 is 0 Å². The average Bonchev–Trinajstić information content (AvgIpc) is 3.29. The van der Waals surface area contributed by atoms with Crippen LogP contribution in [0, 0.1) is 0 Å². The fraction of sp³-hybridized carbons (Fsp3) is 0.478. The maximum absolute atomic E-state index is 12.7. The van der Waals surface area contributed by atoms with Crippen molar-refractivity contribution in [3.05, 3.63) is 51.7 Å². The quantitative estimate of drug-likeness (QED) is 0.491. The molecule has 1 aliphatic heterocycles. The number of likely N-dealkylation sites (N-methyl/N-ethyl adjacent to an activating group) is 1. The van der Waals surface area contributed by atoms with Crippen LogP contribution in [-0.2, 0) is 6.54 Å². The van der Waals surface area contributed by atoms with E-state index in [9.17, 15) is 14.7 Å². The van der Waals surface area contributed by atoms with Crippen LogP contribution in [0.2, 0.25) is 0 Å². The number of carbonyl (C=O) groups excluding carboxylic acids is 2. The van der Waals surface area contributed by atoms with Gasteiger partial charge in [0.15, 0.2) is 0 Å². The minimum Gasteiger partial charge on any atom is -0.508 e. The molecule has 0 atom stereocenters. The molecular formula is C23H32N4O3S. The van der Waals surface area contributed by atoms with Crippen LogP contribution in [0.1, 0.15) is 44.2 Å². The van der Waals surface area contributed by atoms with Gasteiger partial charge in [0, 0.05) is 39.8 Å². The Bertz CT molecular complexity index is 847. The standard InChI is InChI=1S/C23H32N4O3S/c1-26(15-16-27-13-3-2-4-14-27)23(30)21-10-9-20(31-21)22(29)25-12-11-24-17-18-5-7-19(28)8-6-18/h5-10,24,28H,2-4,11-17H2,1H3,(H,25,29). The Labute approximate surface area is 188 Å². The molecule has 7 nitrogen and oxygen atoms in total. The van der Waals surface area contributed by atoms with Gasteiger partial charge in [-0.15, -0.1) is 11.3 Å². The Morgan fingerprint density at radius 2 is 1.74 bits per heavy atom. The van der Waals surface area contributed by atoms with E-state index in [0.717, 1.165) is 25.2 Å². The predicted octanol–water partition coefficient (Wildman–Crippen LogP) is 2.53. The molecule has 168 valence electrons. The van der Waals surface area contributed by atoms with Gasteiger partial charge in [0.1, 0.15) is 5.75 Å². The fourth-order valence-electron chi connectivity index (χ4n) is 3.54. The van der Waals surface area contributed by atoms with E-state index in [2.05, 4.69) is 15.5 Å². The number of phenols is 1. The molecule has 2 amide bonds. The normalized spacial score (nSPS) is 14.4. The summed E-state index contributed by atoms with van der Waals surface area (Å²) in [5, 5.41) is 15.4. The zero-order chi connectivity index (χ0) is 22.1. The van der Waals surface area contributed by atoms with Gasteiger partial charge in [-0.2, -0.15) is 0 Å². The third-order valence-electron chi connectivity index (χ3n) is 5.44. The predicted molar refractivity (Wildman–Crippen MR) is 124 cm³/mol. The first-order valence-corrected chi connectivity index (χ1v) is 11.7. The third kappa shape index (κ3) is 7.34. The largest absolute Gasteiger partial charge is 0.508 e. The first-order valence-electron chi connectivity index (χ1n) is 10.9. The molecule has 3 N–H and O–H groups in total. The summed E-state index contributed by atoms with van der Waals surface area (Å²) >= 11 is 1.24. The molecule has 2 aromatic rings. The van der Waals surface area contributed by atoms with Gasteiger partial charge in [-0.05, 0) is 55.8 Å². The number of aromatic hydroxyl groups is 1. The molecule has 3 rings (SSSR count). The molecule has 0 saturated carbocycles. The number of likely N-dealkylation sites (tertiary alicyclic amines) is 1. The molecule has 8 heteroatoms. The van der Waals surface area contributed by atoms with Crippen molar-refractivity contribution < 1.29 is 14.7 Å². The minimum absolute atomic E-state index is 0.0309. The van der Waals surface area contributed by atoms with Crippen LogP contribution in [0.25, 0.3) is 0 Å². The second-order valence-electron chi connectivity index (χ2n) is 7.89. The number of rotatable bonds is 10. The van der Waals surface area contributed by atoms with Gasteiger partial charge in [0.2, 0.25) is 0 Å². The number of benzene rings is 1. The Balaban J connectivity index is 1.36. The van der Waals surface area contributed by atoms with Gasteiger partial charge in [-0.1, -0.05) is 18.6 Å². The smallest absolute Gasteiger partial charge is 0.263 e. The van der Waals surface area contributed by atoms with Gasteiger partial charge < -0.3 is 25.5 Å². The molecule has 0 spiro atoms. The lowest BCUT2D eigenvalue weighted by Crippen LogP contribution is -2.38. The van der Waals surface area contributed by atoms with Gasteiger partial charge in [-0.3, -0.25) is 9.59 Å². The van der Waals surface area contributed by atoms with E-state index >= 15 is 0 Å². The van der Waals surface area contributed by atoms with E-state index in [-0.39, 0.29) is 17.6 Å². The van der Waals surface area contributed by atoms with Crippen molar-refractivity contribution in [2.75, 3.05) is 46.3 Å². The summed E-state index contributed by atoms with van der Waals surface area (Å²) in [6.45, 7) is 5.63. The molecule has 1 saturated heterocycles. The average molecular weight is 445 g/mol. The second-order valence-corrected chi connectivity index (χ2v) is 8.98. The van der Waals surface area contributed by atoms with Crippen molar-refractivity contribution in [1.29, 1.82) is 0 Å². The van der Waals surface area contributed by atoms with E-state index in [1.807, 2.05) is 19.2 Å². The molecule has 0 aliphatic carbocycles. The highest BCUT2D eigenvalue weighted by Crippen LogP contribution is 2.18. The molecular weight excluding hydrogens is 412 g/mol. The Kier molecular flexibility index (Phi) is 8.87. The zero-order valence-corrected chi connectivity index (χ0v) is 18.9. The maximum Gasteiger partial charge on any atom is 0.263 e. The molecule has 1 aromatic heterocycles. The molecule has 1 aromatic carbocycles. The van der Waals surface area contributed by atoms with Crippen molar-refractivity contribution in [2.45, 2.75) is 25.8 Å². The van der Waals surface area contributed by atoms with Crippen LogP contribution in [0.4, 0.5) is 0 Å². The molecule has 0 bridgehead atoms. The van der Waals surface area contributed by atoms with E-state index in [1.54, 1.807) is 29.2 Å². The lowest BCUT2D eigenvalue weighted by atomic mass is 10.1. The van der Waals surface area contributed by atoms with Crippen LogP contribution >= 0.6 is 11.3 Å². The number of thiophene rings is 1. The molecule has 2 heterocycles. The van der Waals surface area contributed by atoms with Crippen molar-refractivity contribution in [1.82, 2.24) is 20.4 Å². The third-order valence-corrected chi connectivity index (χ3v) is 6.51. The summed E-state index contributed by atoms with van der Waals surface area (Å²) in [4.78, 5) is 30.3. The molecule has 31 heavy (non-hydrogen) atoms. The summed E-state index contributed by atoms with van der Waals surface area (Å²) in [6, 6.07) is 10.5. The topological polar surface area (TPSA) is 84.9 Å². The molecule has 0 unspecified atom stereocenters. The number of phenolic OH excluding ortho intramolecular Hbond substituents is 1. The van der Waals surface area contributed by atoms with Crippen LogP contribution in [0.15, 0.2) is 36.4 Å². The minimum atomic E-state index is -0.161. The summed E-state index contributed by atoms with van der Waals surface area (Å²) in [5.41, 5.74) is 1.06. The van der Waals surface area contributed by atoms with Crippen LogP contribution in [0.3, 0.4) is 0 Å². The Morgan fingerprint density at radius 3 is 2.48 bits per heavy atom. The first kappa shape index (κ1) is 23.2. The summed E-state index contributed by atoms with van der Waals surface area (Å²) < 4.78 is 0. The molecule has 1 fully saturated rings. The summed E-state index contributed by atoms with van der Waals surface area (Å²) in [7, 11) is 1.82. The number of hydrogen-bond acceptors (Lipinski definition) is 6. The fourth-order valence-corrected chi connectivity index (χ4v) is 4.45. The summed E-state index contributed by atoms with van der Waals surface area (Å²) in [6.07, 6.45) is 3.79. The number of amides is 2. The number of nitrogens with zero attached hydrogens (tertiary/aromatic N) is 2. The van der Waals surface area contributed by atoms with Crippen LogP contribution < -0.4 is 10.6 Å². The highest BCUT2D eigenvalue weighted by molar-refractivity contribution is 7.15. The molecule has 0 radical (unpaired) electrons. The SMILES string of the molecule is CN(CCN1CCCCC1)C(=O)c1ccc(C(=O)NCCNCc2ccc(O)cc2)s1. The number of nitrogens with one attached hydrogen (secondary N) is 2. The van der Waals surface area contributed by atoms with E-state index in [4.69, 9.17) is 0 Å². The van der Waals surface area contributed by atoms with Crippen LogP contribution in [-0.4, -0.2) is 73.0 Å². The molecule has 1 aliphatic rings. The lowest BCUT2D eigenvalue weighted by Gasteiger charge is -2.28. The summed E-state index contributed by atoms with van der Waals surface area (Å²) in [5.74, 6) is 0.0566. The number of piperidine rings is 1. The number of hydrogen-bond donors (Lipinski definition) is 3. The highest BCUT2D eigenvalue weighted by Gasteiger charge is 2.18.